The van der Waals surface area contributed by atoms with E-state index in [0.717, 1.165) is 33.0 Å². The minimum Gasteiger partial charge on any atom is -0.498 e. The second-order valence-electron chi connectivity index (χ2n) is 5.60. The number of ether oxygens (including phenoxy) is 1. The summed E-state index contributed by atoms with van der Waals surface area (Å²) in [5, 5.41) is 1.02. The van der Waals surface area contributed by atoms with Gasteiger partial charge in [0.05, 0.1) is 18.4 Å². The summed E-state index contributed by atoms with van der Waals surface area (Å²) in [5.74, 6) is 0.669. The number of allylic oxidation sites excluding steroid dienone is 1. The standard InChI is InChI=1S/C17H23NO4S2/c1-4-14(22-5-2)12-17-18(9-6-10-24(19,20)21)15-11-13(3)7-8-16(15)23-17/h7-8,11-12H,4-6,9-10H2,1-3H3/p+1/b14-12+. The number of aryl methyl sites for hydroxylation is 2. The van der Waals surface area contributed by atoms with Gasteiger partial charge in [-0.15, -0.1) is 0 Å². The molecule has 0 spiro atoms. The van der Waals surface area contributed by atoms with Crippen molar-refractivity contribution in [3.63, 3.8) is 0 Å². The van der Waals surface area contributed by atoms with Crippen molar-refractivity contribution in [1.29, 1.82) is 0 Å². The molecule has 0 aliphatic carbocycles. The zero-order chi connectivity index (χ0) is 17.7. The second kappa shape index (κ2) is 8.09. The van der Waals surface area contributed by atoms with Crippen molar-refractivity contribution in [2.45, 2.75) is 40.2 Å². The van der Waals surface area contributed by atoms with Gasteiger partial charge in [-0.25, -0.2) is 0 Å². The van der Waals surface area contributed by atoms with Crippen molar-refractivity contribution in [2.24, 2.45) is 0 Å². The molecule has 0 unspecified atom stereocenters. The van der Waals surface area contributed by atoms with Crippen LogP contribution in [0.4, 0.5) is 0 Å². The van der Waals surface area contributed by atoms with E-state index < -0.39 is 10.1 Å². The van der Waals surface area contributed by atoms with Crippen LogP contribution in [0.5, 0.6) is 0 Å². The summed E-state index contributed by atoms with van der Waals surface area (Å²) in [6, 6.07) is 6.25. The van der Waals surface area contributed by atoms with Crippen LogP contribution >= 0.6 is 11.3 Å². The number of thiazole rings is 1. The van der Waals surface area contributed by atoms with Gasteiger partial charge in [-0.1, -0.05) is 24.3 Å². The van der Waals surface area contributed by atoms with E-state index in [2.05, 4.69) is 22.8 Å². The molecule has 0 fully saturated rings. The van der Waals surface area contributed by atoms with Crippen LogP contribution in [0.2, 0.25) is 0 Å². The maximum atomic E-state index is 11.0. The largest absolute Gasteiger partial charge is 0.498 e. The monoisotopic (exact) mass is 370 g/mol. The highest BCUT2D eigenvalue weighted by Gasteiger charge is 2.20. The lowest BCUT2D eigenvalue weighted by Gasteiger charge is -2.04. The maximum absolute atomic E-state index is 11.0. The van der Waals surface area contributed by atoms with Crippen molar-refractivity contribution in [3.8, 4) is 0 Å². The fourth-order valence-electron chi connectivity index (χ4n) is 2.52. The van der Waals surface area contributed by atoms with E-state index in [1.165, 1.54) is 0 Å². The van der Waals surface area contributed by atoms with E-state index in [1.54, 1.807) is 11.3 Å². The molecule has 1 N–H and O–H groups in total. The average molecular weight is 371 g/mol. The van der Waals surface area contributed by atoms with Gasteiger partial charge in [0.15, 0.2) is 6.54 Å². The highest BCUT2D eigenvalue weighted by atomic mass is 32.2. The molecule has 0 bridgehead atoms. The first kappa shape index (κ1) is 18.9. The lowest BCUT2D eigenvalue weighted by atomic mass is 10.2. The zero-order valence-corrected chi connectivity index (χ0v) is 15.9. The molecule has 1 aromatic carbocycles. The molecule has 0 saturated heterocycles. The van der Waals surface area contributed by atoms with Gasteiger partial charge in [-0.2, -0.15) is 13.0 Å². The number of fused-ring (bicyclic) bond motifs is 1. The maximum Gasteiger partial charge on any atom is 0.266 e. The summed E-state index contributed by atoms with van der Waals surface area (Å²) in [7, 11) is -3.94. The number of benzene rings is 1. The highest BCUT2D eigenvalue weighted by molar-refractivity contribution is 7.85. The Morgan fingerprint density at radius 1 is 1.38 bits per heavy atom. The Labute approximate surface area is 147 Å². The fraction of sp³-hybridized carbons (Fsp3) is 0.471. The Kier molecular flexibility index (Phi) is 6.37. The first-order valence-corrected chi connectivity index (χ1v) is 10.5. The van der Waals surface area contributed by atoms with Crippen LogP contribution in [0.15, 0.2) is 24.0 Å². The predicted molar refractivity (Wildman–Crippen MR) is 97.7 cm³/mol. The van der Waals surface area contributed by atoms with Crippen molar-refractivity contribution >= 4 is 37.7 Å². The van der Waals surface area contributed by atoms with Gasteiger partial charge in [-0.3, -0.25) is 4.55 Å². The van der Waals surface area contributed by atoms with E-state index in [-0.39, 0.29) is 5.75 Å². The molecule has 7 heteroatoms. The van der Waals surface area contributed by atoms with Crippen molar-refractivity contribution in [3.05, 3.63) is 34.5 Å². The topological polar surface area (TPSA) is 67.5 Å². The molecule has 1 aromatic heterocycles. The van der Waals surface area contributed by atoms with Crippen molar-refractivity contribution in [2.75, 3.05) is 12.4 Å². The first-order chi connectivity index (χ1) is 11.3. The van der Waals surface area contributed by atoms with Gasteiger partial charge in [0, 0.05) is 18.9 Å². The summed E-state index contributed by atoms with van der Waals surface area (Å²) < 4.78 is 39.8. The van der Waals surface area contributed by atoms with E-state index in [1.807, 2.05) is 26.8 Å². The predicted octanol–water partition coefficient (Wildman–Crippen LogP) is 3.56. The fourth-order valence-corrected chi connectivity index (χ4v) is 4.14. The summed E-state index contributed by atoms with van der Waals surface area (Å²) in [5.41, 5.74) is 2.23. The molecule has 0 radical (unpaired) electrons. The van der Waals surface area contributed by atoms with E-state index >= 15 is 0 Å². The minimum absolute atomic E-state index is 0.238. The van der Waals surface area contributed by atoms with E-state index in [9.17, 15) is 8.42 Å². The Morgan fingerprint density at radius 2 is 2.12 bits per heavy atom. The molecule has 132 valence electrons. The van der Waals surface area contributed by atoms with E-state index in [4.69, 9.17) is 9.29 Å². The van der Waals surface area contributed by atoms with Crippen LogP contribution in [-0.2, 0) is 21.4 Å². The van der Waals surface area contributed by atoms with Crippen LogP contribution in [0.25, 0.3) is 16.3 Å². The van der Waals surface area contributed by atoms with Crippen LogP contribution in [0.3, 0.4) is 0 Å². The molecule has 2 rings (SSSR count). The van der Waals surface area contributed by atoms with Crippen LogP contribution in [0, 0.1) is 6.92 Å². The lowest BCUT2D eigenvalue weighted by Crippen LogP contribution is -2.36. The molecule has 2 aromatic rings. The number of hydrogen-bond acceptors (Lipinski definition) is 4. The van der Waals surface area contributed by atoms with Crippen molar-refractivity contribution < 1.29 is 22.3 Å². The summed E-state index contributed by atoms with van der Waals surface area (Å²) in [6.45, 7) is 7.18. The molecule has 0 amide bonds. The quantitative estimate of drug-likeness (QED) is 0.438. The van der Waals surface area contributed by atoms with Crippen LogP contribution in [0.1, 0.15) is 37.3 Å². The summed E-state index contributed by atoms with van der Waals surface area (Å²) in [6.07, 6.45) is 3.18. The van der Waals surface area contributed by atoms with Gasteiger partial charge < -0.3 is 4.74 Å². The number of aromatic nitrogens is 1. The highest BCUT2D eigenvalue weighted by Crippen LogP contribution is 2.24. The molecule has 24 heavy (non-hydrogen) atoms. The van der Waals surface area contributed by atoms with Gasteiger partial charge in [0.1, 0.15) is 10.5 Å². The van der Waals surface area contributed by atoms with Gasteiger partial charge in [-0.05, 0) is 25.5 Å². The summed E-state index contributed by atoms with van der Waals surface area (Å²) in [4.78, 5) is 0. The van der Waals surface area contributed by atoms with Crippen LogP contribution in [-0.4, -0.2) is 25.3 Å². The molecule has 1 heterocycles. The lowest BCUT2D eigenvalue weighted by molar-refractivity contribution is -0.668. The molecule has 0 saturated carbocycles. The van der Waals surface area contributed by atoms with E-state index in [0.29, 0.717) is 19.6 Å². The van der Waals surface area contributed by atoms with Crippen LogP contribution < -0.4 is 4.57 Å². The van der Waals surface area contributed by atoms with Gasteiger partial charge in [0.25, 0.3) is 15.1 Å². The van der Waals surface area contributed by atoms with Gasteiger partial charge >= 0.3 is 0 Å². The number of rotatable bonds is 8. The normalized spacial score (nSPS) is 12.8. The molecule has 0 atom stereocenters. The Bertz CT molecular complexity index is 838. The average Bonchev–Trinajstić information content (AvgIpc) is 2.83. The second-order valence-corrected chi connectivity index (χ2v) is 8.23. The Balaban J connectivity index is 2.43. The Hall–Kier alpha value is -1.44. The SMILES string of the molecule is CCO/C(=C/c1sc2ccc(C)cc2[n+]1CCCS(=O)(=O)O)CC. The minimum atomic E-state index is -3.94. The third-order valence-electron chi connectivity index (χ3n) is 3.63. The molecule has 5 nitrogen and oxygen atoms in total. The van der Waals surface area contributed by atoms with Crippen molar-refractivity contribution in [1.82, 2.24) is 0 Å². The Morgan fingerprint density at radius 3 is 2.75 bits per heavy atom. The molecular formula is C17H24NO4S2+. The first-order valence-electron chi connectivity index (χ1n) is 8.05. The van der Waals surface area contributed by atoms with Gasteiger partial charge in [0.2, 0.25) is 5.52 Å². The zero-order valence-electron chi connectivity index (χ0n) is 14.3. The third kappa shape index (κ3) is 5.03. The number of nitrogens with zero attached hydrogens (tertiary/aromatic N) is 1. The third-order valence-corrected chi connectivity index (χ3v) is 5.55. The molecule has 0 aliphatic heterocycles. The smallest absolute Gasteiger partial charge is 0.266 e. The molecule has 0 aliphatic rings. The number of hydrogen-bond donors (Lipinski definition) is 1. The molecular weight excluding hydrogens is 346 g/mol. The summed E-state index contributed by atoms with van der Waals surface area (Å²) >= 11 is 1.65.